The van der Waals surface area contributed by atoms with Gasteiger partial charge in [0.05, 0.1) is 24.1 Å². The third-order valence-corrected chi connectivity index (χ3v) is 4.96. The number of aromatic nitrogens is 2. The van der Waals surface area contributed by atoms with E-state index in [2.05, 4.69) is 25.8 Å². The van der Waals surface area contributed by atoms with Crippen molar-refractivity contribution in [1.29, 1.82) is 0 Å². The molecule has 6 heteroatoms. The number of carbonyl (C=O) groups is 1. The molecule has 0 N–H and O–H groups in total. The van der Waals surface area contributed by atoms with E-state index in [0.29, 0.717) is 12.0 Å². The number of ether oxygens (including phenoxy) is 1. The number of piperazine rings is 1. The Labute approximate surface area is 147 Å². The molecule has 1 aliphatic heterocycles. The molecule has 130 valence electrons. The molecule has 1 aromatic carbocycles. The molecule has 0 amide bonds. The molecule has 1 aliphatic carbocycles. The molecule has 2 heterocycles. The summed E-state index contributed by atoms with van der Waals surface area (Å²) < 4.78 is 5.47. The van der Waals surface area contributed by atoms with Crippen LogP contribution in [0.2, 0.25) is 0 Å². The molecule has 0 radical (unpaired) electrons. The van der Waals surface area contributed by atoms with Crippen LogP contribution in [0.4, 0.5) is 11.6 Å². The SMILES string of the molecule is COc1ccccc1N1CCN(c2ncc3c(n2)CCCC3=O)CC1. The first-order valence-electron chi connectivity index (χ1n) is 8.78. The van der Waals surface area contributed by atoms with Crippen LogP contribution >= 0.6 is 0 Å². The van der Waals surface area contributed by atoms with Crippen LogP contribution in [0.5, 0.6) is 5.75 Å². The molecule has 2 aromatic rings. The summed E-state index contributed by atoms with van der Waals surface area (Å²) in [6.45, 7) is 3.48. The number of anilines is 2. The molecule has 1 aromatic heterocycles. The summed E-state index contributed by atoms with van der Waals surface area (Å²) in [4.78, 5) is 25.6. The van der Waals surface area contributed by atoms with E-state index in [4.69, 9.17) is 4.74 Å². The molecular weight excluding hydrogens is 316 g/mol. The first-order valence-corrected chi connectivity index (χ1v) is 8.78. The zero-order valence-corrected chi connectivity index (χ0v) is 14.4. The van der Waals surface area contributed by atoms with E-state index in [0.717, 1.165) is 62.1 Å². The minimum absolute atomic E-state index is 0.175. The normalized spacial score (nSPS) is 17.4. The highest BCUT2D eigenvalue weighted by molar-refractivity contribution is 5.97. The summed E-state index contributed by atoms with van der Waals surface area (Å²) in [5.41, 5.74) is 2.75. The lowest BCUT2D eigenvalue weighted by molar-refractivity contribution is 0.0971. The van der Waals surface area contributed by atoms with Crippen LogP contribution in [0.1, 0.15) is 28.9 Å². The molecule has 1 saturated heterocycles. The summed E-state index contributed by atoms with van der Waals surface area (Å²) >= 11 is 0. The molecule has 2 aliphatic rings. The predicted molar refractivity (Wildman–Crippen MR) is 96.7 cm³/mol. The highest BCUT2D eigenvalue weighted by atomic mass is 16.5. The Bertz CT molecular complexity index is 785. The van der Waals surface area contributed by atoms with Gasteiger partial charge in [-0.2, -0.15) is 0 Å². The molecule has 1 fully saturated rings. The number of fused-ring (bicyclic) bond motifs is 1. The van der Waals surface area contributed by atoms with Crippen molar-refractivity contribution in [2.24, 2.45) is 0 Å². The first-order chi connectivity index (χ1) is 12.3. The summed E-state index contributed by atoms with van der Waals surface area (Å²) in [7, 11) is 1.71. The van der Waals surface area contributed by atoms with Crippen molar-refractivity contribution in [1.82, 2.24) is 9.97 Å². The van der Waals surface area contributed by atoms with E-state index >= 15 is 0 Å². The van der Waals surface area contributed by atoms with Gasteiger partial charge in [-0.25, -0.2) is 9.97 Å². The molecule has 0 unspecified atom stereocenters. The Morgan fingerprint density at radius 2 is 1.80 bits per heavy atom. The maximum absolute atomic E-state index is 11.9. The number of nitrogens with zero attached hydrogens (tertiary/aromatic N) is 4. The summed E-state index contributed by atoms with van der Waals surface area (Å²) in [5.74, 6) is 1.82. The second-order valence-electron chi connectivity index (χ2n) is 6.45. The van der Waals surface area contributed by atoms with Crippen LogP contribution in [0.15, 0.2) is 30.5 Å². The van der Waals surface area contributed by atoms with Crippen molar-refractivity contribution >= 4 is 17.4 Å². The molecule has 0 bridgehead atoms. The van der Waals surface area contributed by atoms with Crippen molar-refractivity contribution in [3.8, 4) is 5.75 Å². The maximum atomic E-state index is 11.9. The number of benzene rings is 1. The molecule has 0 atom stereocenters. The summed E-state index contributed by atoms with van der Waals surface area (Å²) in [6, 6.07) is 8.11. The third kappa shape index (κ3) is 3.04. The number of para-hydroxylation sites is 2. The lowest BCUT2D eigenvalue weighted by Crippen LogP contribution is -2.47. The summed E-state index contributed by atoms with van der Waals surface area (Å²) in [5, 5.41) is 0. The third-order valence-electron chi connectivity index (χ3n) is 4.96. The quantitative estimate of drug-likeness (QED) is 0.856. The number of ketones is 1. The average Bonchev–Trinajstić information content (AvgIpc) is 2.68. The number of carbonyl (C=O) groups excluding carboxylic acids is 1. The zero-order chi connectivity index (χ0) is 17.2. The van der Waals surface area contributed by atoms with Gasteiger partial charge < -0.3 is 14.5 Å². The lowest BCUT2D eigenvalue weighted by Gasteiger charge is -2.36. The standard InChI is InChI=1S/C19H22N4O2/c1-25-18-8-3-2-6-16(18)22-9-11-23(12-10-22)19-20-13-14-15(21-19)5-4-7-17(14)24/h2-3,6,8,13H,4-5,7,9-12H2,1H3. The number of aryl methyl sites for hydroxylation is 1. The van der Waals surface area contributed by atoms with E-state index < -0.39 is 0 Å². The Morgan fingerprint density at radius 3 is 2.60 bits per heavy atom. The molecular formula is C19H22N4O2. The number of hydrogen-bond acceptors (Lipinski definition) is 6. The molecule has 4 rings (SSSR count). The molecule has 0 spiro atoms. The smallest absolute Gasteiger partial charge is 0.225 e. The van der Waals surface area contributed by atoms with Gasteiger partial charge in [0.1, 0.15) is 5.75 Å². The minimum atomic E-state index is 0.175. The maximum Gasteiger partial charge on any atom is 0.225 e. The molecule has 25 heavy (non-hydrogen) atoms. The van der Waals surface area contributed by atoms with Gasteiger partial charge in [-0.15, -0.1) is 0 Å². The lowest BCUT2D eigenvalue weighted by atomic mass is 9.96. The Kier molecular flexibility index (Phi) is 4.26. The van der Waals surface area contributed by atoms with Gasteiger partial charge in [-0.1, -0.05) is 12.1 Å². The number of rotatable bonds is 3. The van der Waals surface area contributed by atoms with Crippen LogP contribution < -0.4 is 14.5 Å². The van der Waals surface area contributed by atoms with Crippen LogP contribution in [0.25, 0.3) is 0 Å². The topological polar surface area (TPSA) is 58.6 Å². The van der Waals surface area contributed by atoms with E-state index in [1.54, 1.807) is 13.3 Å². The van der Waals surface area contributed by atoms with Crippen molar-refractivity contribution in [2.45, 2.75) is 19.3 Å². The average molecular weight is 338 g/mol. The van der Waals surface area contributed by atoms with Gasteiger partial charge in [0, 0.05) is 38.8 Å². The van der Waals surface area contributed by atoms with Crippen LogP contribution in [-0.2, 0) is 6.42 Å². The second-order valence-corrected chi connectivity index (χ2v) is 6.45. The second kappa shape index (κ2) is 6.70. The fraction of sp³-hybridized carbons (Fsp3) is 0.421. The fourth-order valence-corrected chi connectivity index (χ4v) is 3.57. The van der Waals surface area contributed by atoms with Crippen LogP contribution in [0, 0.1) is 0 Å². The largest absolute Gasteiger partial charge is 0.495 e. The monoisotopic (exact) mass is 338 g/mol. The summed E-state index contributed by atoms with van der Waals surface area (Å²) in [6.07, 6.45) is 4.10. The van der Waals surface area contributed by atoms with Crippen LogP contribution in [-0.4, -0.2) is 49.0 Å². The zero-order valence-electron chi connectivity index (χ0n) is 14.4. The Hall–Kier alpha value is -2.63. The van der Waals surface area contributed by atoms with Crippen molar-refractivity contribution in [3.05, 3.63) is 41.7 Å². The fourth-order valence-electron chi connectivity index (χ4n) is 3.57. The van der Waals surface area contributed by atoms with Gasteiger partial charge in [-0.05, 0) is 25.0 Å². The van der Waals surface area contributed by atoms with Gasteiger partial charge >= 0.3 is 0 Å². The van der Waals surface area contributed by atoms with Crippen LogP contribution in [0.3, 0.4) is 0 Å². The highest BCUT2D eigenvalue weighted by Crippen LogP contribution is 2.29. The predicted octanol–water partition coefficient (Wildman–Crippen LogP) is 2.33. The van der Waals surface area contributed by atoms with Gasteiger partial charge in [0.2, 0.25) is 5.95 Å². The van der Waals surface area contributed by atoms with E-state index in [9.17, 15) is 4.79 Å². The van der Waals surface area contributed by atoms with Crippen molar-refractivity contribution in [2.75, 3.05) is 43.1 Å². The molecule has 6 nitrogen and oxygen atoms in total. The van der Waals surface area contributed by atoms with Gasteiger partial charge in [-0.3, -0.25) is 4.79 Å². The van der Waals surface area contributed by atoms with E-state index in [1.165, 1.54) is 0 Å². The highest BCUT2D eigenvalue weighted by Gasteiger charge is 2.24. The van der Waals surface area contributed by atoms with Gasteiger partial charge in [0.15, 0.2) is 5.78 Å². The van der Waals surface area contributed by atoms with E-state index in [-0.39, 0.29) is 5.78 Å². The number of hydrogen-bond donors (Lipinski definition) is 0. The minimum Gasteiger partial charge on any atom is -0.495 e. The first kappa shape index (κ1) is 15.9. The molecule has 0 saturated carbocycles. The Balaban J connectivity index is 1.48. The number of methoxy groups -OCH3 is 1. The Morgan fingerprint density at radius 1 is 1.04 bits per heavy atom. The number of Topliss-reactive ketones (excluding diaryl/α,β-unsaturated/α-hetero) is 1. The van der Waals surface area contributed by atoms with Crippen molar-refractivity contribution in [3.63, 3.8) is 0 Å². The van der Waals surface area contributed by atoms with E-state index in [1.807, 2.05) is 18.2 Å². The van der Waals surface area contributed by atoms with Gasteiger partial charge in [0.25, 0.3) is 0 Å². The van der Waals surface area contributed by atoms with Crippen molar-refractivity contribution < 1.29 is 9.53 Å².